The van der Waals surface area contributed by atoms with Gasteiger partial charge in [0.1, 0.15) is 0 Å². The van der Waals surface area contributed by atoms with Crippen molar-refractivity contribution >= 4 is 29.2 Å². The zero-order chi connectivity index (χ0) is 16.8. The van der Waals surface area contributed by atoms with Crippen molar-refractivity contribution in [2.75, 3.05) is 26.2 Å². The van der Waals surface area contributed by atoms with E-state index in [1.165, 1.54) is 0 Å². The Labute approximate surface area is 148 Å². The number of halogens is 2. The van der Waals surface area contributed by atoms with E-state index in [-0.39, 0.29) is 6.03 Å². The van der Waals surface area contributed by atoms with Crippen LogP contribution in [0, 0.1) is 0 Å². The maximum absolute atomic E-state index is 12.5. The normalized spacial score (nSPS) is 14.1. The van der Waals surface area contributed by atoms with Gasteiger partial charge in [0.05, 0.1) is 10.0 Å². The van der Waals surface area contributed by atoms with Gasteiger partial charge < -0.3 is 15.1 Å². The van der Waals surface area contributed by atoms with Crippen LogP contribution in [0.5, 0.6) is 0 Å². The maximum Gasteiger partial charge on any atom is 0.317 e. The fourth-order valence-electron chi connectivity index (χ4n) is 2.41. The van der Waals surface area contributed by atoms with Gasteiger partial charge in [-0.25, -0.2) is 4.79 Å². The molecule has 4 nitrogen and oxygen atoms in total. The molecule has 1 aliphatic carbocycles. The molecule has 1 saturated carbocycles. The summed E-state index contributed by atoms with van der Waals surface area (Å²) in [6.07, 6.45) is 2.17. The Hall–Kier alpha value is -0.970. The Morgan fingerprint density at radius 3 is 2.43 bits per heavy atom. The van der Waals surface area contributed by atoms with Crippen molar-refractivity contribution in [2.45, 2.75) is 39.3 Å². The molecule has 128 valence electrons. The Morgan fingerprint density at radius 1 is 1.17 bits per heavy atom. The highest BCUT2D eigenvalue weighted by atomic mass is 35.5. The molecule has 0 spiro atoms. The van der Waals surface area contributed by atoms with Crippen molar-refractivity contribution in [1.82, 2.24) is 15.1 Å². The van der Waals surface area contributed by atoms with Crippen molar-refractivity contribution in [3.63, 3.8) is 0 Å². The monoisotopic (exact) mass is 357 g/mol. The molecule has 1 aromatic carbocycles. The Balaban J connectivity index is 2.01. The zero-order valence-electron chi connectivity index (χ0n) is 13.8. The molecular weight excluding hydrogens is 333 g/mol. The Morgan fingerprint density at radius 2 is 1.87 bits per heavy atom. The van der Waals surface area contributed by atoms with E-state index in [9.17, 15) is 4.79 Å². The van der Waals surface area contributed by atoms with E-state index in [1.54, 1.807) is 6.07 Å². The number of carbonyl (C=O) groups is 1. The minimum absolute atomic E-state index is 0.00530. The molecule has 1 aromatic rings. The van der Waals surface area contributed by atoms with Gasteiger partial charge >= 0.3 is 6.03 Å². The van der Waals surface area contributed by atoms with Gasteiger partial charge in [-0.3, -0.25) is 0 Å². The van der Waals surface area contributed by atoms with Crippen LogP contribution in [0.1, 0.15) is 32.3 Å². The average Bonchev–Trinajstić information content (AvgIpc) is 3.34. The number of urea groups is 1. The van der Waals surface area contributed by atoms with Gasteiger partial charge in [0.2, 0.25) is 0 Å². The van der Waals surface area contributed by atoms with Crippen LogP contribution in [0.2, 0.25) is 10.0 Å². The summed E-state index contributed by atoms with van der Waals surface area (Å²) >= 11 is 12.1. The van der Waals surface area contributed by atoms with E-state index in [2.05, 4.69) is 24.1 Å². The second-order valence-corrected chi connectivity index (χ2v) is 6.74. The van der Waals surface area contributed by atoms with E-state index in [0.717, 1.165) is 38.0 Å². The van der Waals surface area contributed by atoms with E-state index < -0.39 is 0 Å². The summed E-state index contributed by atoms with van der Waals surface area (Å²) in [5, 5.41) is 4.13. The number of nitrogens with zero attached hydrogens (tertiary/aromatic N) is 2. The lowest BCUT2D eigenvalue weighted by Crippen LogP contribution is -2.44. The topological polar surface area (TPSA) is 35.6 Å². The van der Waals surface area contributed by atoms with Crippen LogP contribution < -0.4 is 5.32 Å². The van der Waals surface area contributed by atoms with Crippen LogP contribution in [-0.2, 0) is 6.54 Å². The molecule has 0 radical (unpaired) electrons. The van der Waals surface area contributed by atoms with E-state index >= 15 is 0 Å². The molecule has 2 rings (SSSR count). The Bertz CT molecular complexity index is 531. The molecule has 2 amide bonds. The van der Waals surface area contributed by atoms with Crippen LogP contribution in [-0.4, -0.2) is 48.1 Å². The molecule has 23 heavy (non-hydrogen) atoms. The standard InChI is InChI=1S/C17H25Cl2N3O/c1-3-21(4-2)9-10-22(17(23)20-14-6-7-14)12-13-5-8-15(18)16(19)11-13/h5,8,11,14H,3-4,6-7,9-10,12H2,1-2H3,(H,20,23). The summed E-state index contributed by atoms with van der Waals surface area (Å²) in [5.41, 5.74) is 0.991. The predicted molar refractivity (Wildman–Crippen MR) is 96.2 cm³/mol. The quantitative estimate of drug-likeness (QED) is 0.762. The summed E-state index contributed by atoms with van der Waals surface area (Å²) in [6, 6.07) is 5.89. The molecule has 6 heteroatoms. The number of rotatable bonds is 8. The van der Waals surface area contributed by atoms with Crippen LogP contribution in [0.15, 0.2) is 18.2 Å². The summed E-state index contributed by atoms with van der Waals surface area (Å²) < 4.78 is 0. The van der Waals surface area contributed by atoms with Gasteiger partial charge in [-0.05, 0) is 43.6 Å². The molecule has 0 aromatic heterocycles. The molecule has 0 bridgehead atoms. The van der Waals surface area contributed by atoms with Crippen molar-refractivity contribution in [3.8, 4) is 0 Å². The molecule has 0 atom stereocenters. The second kappa shape index (κ2) is 8.76. The summed E-state index contributed by atoms with van der Waals surface area (Å²) in [7, 11) is 0. The van der Waals surface area contributed by atoms with Crippen LogP contribution in [0.25, 0.3) is 0 Å². The van der Waals surface area contributed by atoms with E-state index in [1.807, 2.05) is 17.0 Å². The predicted octanol–water partition coefficient (Wildman–Crippen LogP) is 4.01. The third kappa shape index (κ3) is 5.87. The lowest BCUT2D eigenvalue weighted by atomic mass is 10.2. The average molecular weight is 358 g/mol. The zero-order valence-corrected chi connectivity index (χ0v) is 15.3. The fourth-order valence-corrected chi connectivity index (χ4v) is 2.73. The summed E-state index contributed by atoms with van der Waals surface area (Å²) in [4.78, 5) is 16.6. The minimum atomic E-state index is 0.00530. The van der Waals surface area contributed by atoms with Crippen LogP contribution in [0.4, 0.5) is 4.79 Å². The second-order valence-electron chi connectivity index (χ2n) is 5.92. The lowest BCUT2D eigenvalue weighted by molar-refractivity contribution is 0.181. The van der Waals surface area contributed by atoms with E-state index in [0.29, 0.717) is 29.2 Å². The number of nitrogens with one attached hydrogen (secondary N) is 1. The third-order valence-corrected chi connectivity index (χ3v) is 4.87. The molecule has 0 unspecified atom stereocenters. The molecule has 1 N–H and O–H groups in total. The summed E-state index contributed by atoms with van der Waals surface area (Å²) in [5.74, 6) is 0. The highest BCUT2D eigenvalue weighted by molar-refractivity contribution is 6.42. The molecular formula is C17H25Cl2N3O. The fraction of sp³-hybridized carbons (Fsp3) is 0.588. The number of amides is 2. The van der Waals surface area contributed by atoms with Gasteiger partial charge in [0, 0.05) is 25.7 Å². The first-order chi connectivity index (χ1) is 11.0. The van der Waals surface area contributed by atoms with Crippen molar-refractivity contribution in [1.29, 1.82) is 0 Å². The van der Waals surface area contributed by atoms with Gasteiger partial charge in [-0.1, -0.05) is 43.1 Å². The lowest BCUT2D eigenvalue weighted by Gasteiger charge is -2.27. The van der Waals surface area contributed by atoms with Gasteiger partial charge in [-0.15, -0.1) is 0 Å². The highest BCUT2D eigenvalue weighted by Gasteiger charge is 2.26. The largest absolute Gasteiger partial charge is 0.335 e. The first-order valence-electron chi connectivity index (χ1n) is 8.25. The maximum atomic E-state index is 12.5. The Kier molecular flexibility index (Phi) is 7.00. The number of carbonyl (C=O) groups excluding carboxylic acids is 1. The first-order valence-corrected chi connectivity index (χ1v) is 9.00. The number of hydrogen-bond acceptors (Lipinski definition) is 2. The van der Waals surface area contributed by atoms with E-state index in [4.69, 9.17) is 23.2 Å². The molecule has 1 aliphatic rings. The summed E-state index contributed by atoms with van der Waals surface area (Å²) in [6.45, 7) is 8.35. The number of likely N-dealkylation sites (N-methyl/N-ethyl adjacent to an activating group) is 1. The van der Waals surface area contributed by atoms with Crippen molar-refractivity contribution in [2.24, 2.45) is 0 Å². The molecule has 1 fully saturated rings. The smallest absolute Gasteiger partial charge is 0.317 e. The molecule has 0 heterocycles. The third-order valence-electron chi connectivity index (χ3n) is 4.13. The van der Waals surface area contributed by atoms with Crippen LogP contribution in [0.3, 0.4) is 0 Å². The molecule has 0 saturated heterocycles. The minimum Gasteiger partial charge on any atom is -0.335 e. The highest BCUT2D eigenvalue weighted by Crippen LogP contribution is 2.24. The first kappa shape index (κ1) is 18.4. The van der Waals surface area contributed by atoms with Gasteiger partial charge in [0.15, 0.2) is 0 Å². The van der Waals surface area contributed by atoms with Gasteiger partial charge in [-0.2, -0.15) is 0 Å². The van der Waals surface area contributed by atoms with Crippen molar-refractivity contribution < 1.29 is 4.79 Å². The van der Waals surface area contributed by atoms with Crippen LogP contribution >= 0.6 is 23.2 Å². The number of hydrogen-bond donors (Lipinski definition) is 1. The SMILES string of the molecule is CCN(CC)CCN(Cc1ccc(Cl)c(Cl)c1)C(=O)NC1CC1. The van der Waals surface area contributed by atoms with Crippen molar-refractivity contribution in [3.05, 3.63) is 33.8 Å². The molecule has 0 aliphatic heterocycles. The van der Waals surface area contributed by atoms with Gasteiger partial charge in [0.25, 0.3) is 0 Å². The number of benzene rings is 1.